The van der Waals surface area contributed by atoms with Crippen molar-refractivity contribution in [3.8, 4) is 0 Å². The quantitative estimate of drug-likeness (QED) is 0.787. The molecule has 0 bridgehead atoms. The number of nitrogens with zero attached hydrogens (tertiary/aromatic N) is 2. The van der Waals surface area contributed by atoms with Crippen LogP contribution in [0.3, 0.4) is 0 Å². The van der Waals surface area contributed by atoms with Crippen LogP contribution in [0, 0.1) is 0 Å². The van der Waals surface area contributed by atoms with Crippen molar-refractivity contribution in [1.82, 2.24) is 9.97 Å². The monoisotopic (exact) mass is 268 g/mol. The van der Waals surface area contributed by atoms with E-state index in [1.807, 2.05) is 5.38 Å². The maximum absolute atomic E-state index is 11.7. The smallest absolute Gasteiger partial charge is 0.222 e. The number of hydrogen-bond donors (Lipinski definition) is 0. The van der Waals surface area contributed by atoms with E-state index in [9.17, 15) is 4.79 Å². The van der Waals surface area contributed by atoms with Gasteiger partial charge in [-0.2, -0.15) is 0 Å². The molecule has 5 heteroatoms. The highest BCUT2D eigenvalue weighted by atomic mass is 79.9. The van der Waals surface area contributed by atoms with Crippen LogP contribution in [0.5, 0.6) is 0 Å². The first-order valence-electron chi connectivity index (χ1n) is 3.82. The Kier molecular flexibility index (Phi) is 2.69. The zero-order valence-electron chi connectivity index (χ0n) is 6.98. The predicted octanol–water partition coefficient (Wildman–Crippen LogP) is 2.53. The van der Waals surface area contributed by atoms with Crippen LogP contribution in [0.1, 0.15) is 15.4 Å². The molecule has 14 heavy (non-hydrogen) atoms. The highest BCUT2D eigenvalue weighted by molar-refractivity contribution is 9.10. The summed E-state index contributed by atoms with van der Waals surface area (Å²) in [4.78, 5) is 20.2. The highest BCUT2D eigenvalue weighted by Gasteiger charge is 2.12. The molecule has 0 saturated heterocycles. The molecule has 0 aliphatic rings. The molecule has 0 aromatic carbocycles. The molecule has 0 amide bonds. The van der Waals surface area contributed by atoms with Crippen LogP contribution in [0.4, 0.5) is 0 Å². The molecule has 2 aromatic heterocycles. The molecule has 0 unspecified atom stereocenters. The van der Waals surface area contributed by atoms with Gasteiger partial charge in [0.2, 0.25) is 5.78 Å². The molecule has 2 heterocycles. The normalized spacial score (nSPS) is 10.1. The lowest BCUT2D eigenvalue weighted by atomic mass is 10.2. The standard InChI is InChI=1S/C9H5BrN2OS/c10-6-3-8(14-5-6)9(13)7-4-11-1-2-12-7/h1-5H. The average molecular weight is 269 g/mol. The topological polar surface area (TPSA) is 42.9 Å². The van der Waals surface area contributed by atoms with Crippen molar-refractivity contribution in [2.75, 3.05) is 0 Å². The van der Waals surface area contributed by atoms with Gasteiger partial charge in [-0.25, -0.2) is 4.98 Å². The number of ketones is 1. The zero-order chi connectivity index (χ0) is 9.97. The highest BCUT2D eigenvalue weighted by Crippen LogP contribution is 2.21. The van der Waals surface area contributed by atoms with E-state index in [-0.39, 0.29) is 5.78 Å². The van der Waals surface area contributed by atoms with E-state index in [0.717, 1.165) is 4.47 Å². The van der Waals surface area contributed by atoms with Crippen LogP contribution in [0.15, 0.2) is 34.5 Å². The number of carbonyl (C=O) groups excluding carboxylic acids is 1. The molecule has 70 valence electrons. The summed E-state index contributed by atoms with van der Waals surface area (Å²) in [5, 5.41) is 1.86. The Morgan fingerprint density at radius 1 is 1.43 bits per heavy atom. The molecule has 0 radical (unpaired) electrons. The van der Waals surface area contributed by atoms with E-state index in [2.05, 4.69) is 25.9 Å². The van der Waals surface area contributed by atoms with Crippen LogP contribution >= 0.6 is 27.3 Å². The van der Waals surface area contributed by atoms with E-state index in [4.69, 9.17) is 0 Å². The van der Waals surface area contributed by atoms with Crippen LogP contribution in [0.25, 0.3) is 0 Å². The Morgan fingerprint density at radius 3 is 2.86 bits per heavy atom. The van der Waals surface area contributed by atoms with Crippen molar-refractivity contribution in [3.05, 3.63) is 45.1 Å². The molecule has 0 spiro atoms. The van der Waals surface area contributed by atoms with E-state index in [1.54, 1.807) is 12.3 Å². The minimum atomic E-state index is -0.0891. The summed E-state index contributed by atoms with van der Waals surface area (Å²) in [6, 6.07) is 1.78. The van der Waals surface area contributed by atoms with E-state index < -0.39 is 0 Å². The molecule has 0 saturated carbocycles. The van der Waals surface area contributed by atoms with E-state index >= 15 is 0 Å². The minimum absolute atomic E-state index is 0.0891. The number of rotatable bonds is 2. The van der Waals surface area contributed by atoms with Gasteiger partial charge in [-0.05, 0) is 22.0 Å². The Morgan fingerprint density at radius 2 is 2.29 bits per heavy atom. The fourth-order valence-corrected chi connectivity index (χ4v) is 2.35. The molecule has 2 aromatic rings. The molecule has 3 nitrogen and oxygen atoms in total. The maximum atomic E-state index is 11.7. The van der Waals surface area contributed by atoms with Crippen LogP contribution in [-0.2, 0) is 0 Å². The van der Waals surface area contributed by atoms with Crippen LogP contribution in [0.2, 0.25) is 0 Å². The third-order valence-electron chi connectivity index (χ3n) is 1.59. The van der Waals surface area contributed by atoms with Gasteiger partial charge in [-0.3, -0.25) is 9.78 Å². The maximum Gasteiger partial charge on any atom is 0.222 e. The van der Waals surface area contributed by atoms with E-state index in [1.165, 1.54) is 23.7 Å². The van der Waals surface area contributed by atoms with Gasteiger partial charge >= 0.3 is 0 Å². The van der Waals surface area contributed by atoms with Crippen molar-refractivity contribution < 1.29 is 4.79 Å². The third-order valence-corrected chi connectivity index (χ3v) is 3.28. The first-order chi connectivity index (χ1) is 6.77. The molecule has 2 rings (SSSR count). The number of thiophene rings is 1. The van der Waals surface area contributed by atoms with Crippen molar-refractivity contribution in [2.24, 2.45) is 0 Å². The molecule has 0 N–H and O–H groups in total. The number of aromatic nitrogens is 2. The largest absolute Gasteiger partial charge is 0.286 e. The second-order valence-electron chi connectivity index (χ2n) is 2.55. The van der Waals surface area contributed by atoms with Gasteiger partial charge in [-0.15, -0.1) is 11.3 Å². The second-order valence-corrected chi connectivity index (χ2v) is 4.38. The molecule has 0 aliphatic heterocycles. The summed E-state index contributed by atoms with van der Waals surface area (Å²) < 4.78 is 0.912. The second kappa shape index (κ2) is 3.98. The Bertz CT molecular complexity index is 455. The SMILES string of the molecule is O=C(c1cnccn1)c1cc(Br)cs1. The molecule has 0 atom stereocenters. The lowest BCUT2D eigenvalue weighted by molar-refractivity contribution is 0.103. The Labute approximate surface area is 93.0 Å². The summed E-state index contributed by atoms with van der Waals surface area (Å²) in [6.45, 7) is 0. The molecule has 0 aliphatic carbocycles. The summed E-state index contributed by atoms with van der Waals surface area (Å²) >= 11 is 4.68. The van der Waals surface area contributed by atoms with Crippen LogP contribution in [-0.4, -0.2) is 15.8 Å². The summed E-state index contributed by atoms with van der Waals surface area (Å²) in [7, 11) is 0. The van der Waals surface area contributed by atoms with Crippen molar-refractivity contribution in [1.29, 1.82) is 0 Å². The minimum Gasteiger partial charge on any atom is -0.286 e. The van der Waals surface area contributed by atoms with Gasteiger partial charge in [0.1, 0.15) is 5.69 Å². The van der Waals surface area contributed by atoms with Gasteiger partial charge in [0.25, 0.3) is 0 Å². The van der Waals surface area contributed by atoms with Crippen molar-refractivity contribution in [3.63, 3.8) is 0 Å². The Balaban J connectivity index is 2.34. The van der Waals surface area contributed by atoms with Gasteiger partial charge in [0, 0.05) is 22.2 Å². The molecular weight excluding hydrogens is 264 g/mol. The number of carbonyl (C=O) groups is 1. The lowest BCUT2D eigenvalue weighted by Gasteiger charge is -1.94. The number of halogens is 1. The molecule has 0 fully saturated rings. The lowest BCUT2D eigenvalue weighted by Crippen LogP contribution is -2.01. The van der Waals surface area contributed by atoms with E-state index in [0.29, 0.717) is 10.6 Å². The average Bonchev–Trinajstić information content (AvgIpc) is 2.65. The number of hydrogen-bond acceptors (Lipinski definition) is 4. The Hall–Kier alpha value is -1.07. The van der Waals surface area contributed by atoms with Gasteiger partial charge in [-0.1, -0.05) is 0 Å². The molecular formula is C9H5BrN2OS. The van der Waals surface area contributed by atoms with Gasteiger partial charge in [0.05, 0.1) is 11.1 Å². The zero-order valence-corrected chi connectivity index (χ0v) is 9.38. The first kappa shape index (κ1) is 9.48. The summed E-state index contributed by atoms with van der Waals surface area (Å²) in [6.07, 6.45) is 4.52. The summed E-state index contributed by atoms with van der Waals surface area (Å²) in [5.41, 5.74) is 0.377. The van der Waals surface area contributed by atoms with Crippen molar-refractivity contribution >= 4 is 33.0 Å². The third kappa shape index (κ3) is 1.88. The fourth-order valence-electron chi connectivity index (χ4n) is 0.975. The first-order valence-corrected chi connectivity index (χ1v) is 5.49. The fraction of sp³-hybridized carbons (Fsp3) is 0. The van der Waals surface area contributed by atoms with Gasteiger partial charge in [0.15, 0.2) is 0 Å². The van der Waals surface area contributed by atoms with Crippen molar-refractivity contribution in [2.45, 2.75) is 0 Å². The summed E-state index contributed by atoms with van der Waals surface area (Å²) in [5.74, 6) is -0.0891. The predicted molar refractivity (Wildman–Crippen MR) is 57.5 cm³/mol. The van der Waals surface area contributed by atoms with Crippen LogP contribution < -0.4 is 0 Å². The van der Waals surface area contributed by atoms with Gasteiger partial charge < -0.3 is 0 Å².